The van der Waals surface area contributed by atoms with Crippen molar-refractivity contribution in [2.24, 2.45) is 0 Å². The van der Waals surface area contributed by atoms with Gasteiger partial charge >= 0.3 is 5.97 Å². The third-order valence-corrected chi connectivity index (χ3v) is 1.44. The highest BCUT2D eigenvalue weighted by Crippen LogP contribution is 2.17. The van der Waals surface area contributed by atoms with Crippen LogP contribution in [0.2, 0.25) is 0 Å². The van der Waals surface area contributed by atoms with Crippen molar-refractivity contribution in [1.29, 1.82) is 0 Å². The van der Waals surface area contributed by atoms with Crippen LogP contribution in [0.5, 0.6) is 0 Å². The molecule has 1 aliphatic carbocycles. The van der Waals surface area contributed by atoms with Gasteiger partial charge in [-0.25, -0.2) is 4.79 Å². The molecule has 0 atom stereocenters. The average molecular weight is 170 g/mol. The number of aliphatic hydroxyl groups excluding tert-OH is 2. The molecule has 0 aliphatic heterocycles. The van der Waals surface area contributed by atoms with Crippen molar-refractivity contribution < 1.29 is 24.9 Å². The van der Waals surface area contributed by atoms with E-state index in [9.17, 15) is 9.59 Å². The highest BCUT2D eigenvalue weighted by atomic mass is 16.4. The van der Waals surface area contributed by atoms with Gasteiger partial charge in [-0.2, -0.15) is 0 Å². The number of carboxylic acids is 1. The van der Waals surface area contributed by atoms with E-state index in [1.807, 2.05) is 0 Å². The second kappa shape index (κ2) is 2.69. The highest BCUT2D eigenvalue weighted by molar-refractivity contribution is 6.03. The zero-order chi connectivity index (χ0) is 9.30. The molecule has 0 amide bonds. The maximum Gasteiger partial charge on any atom is 0.332 e. The van der Waals surface area contributed by atoms with Crippen LogP contribution in [-0.4, -0.2) is 27.1 Å². The first-order chi connectivity index (χ1) is 5.52. The number of carbonyl (C=O) groups excluding carboxylic acids is 1. The summed E-state index contributed by atoms with van der Waals surface area (Å²) in [7, 11) is 0. The first-order valence-electron chi connectivity index (χ1n) is 3.11. The third kappa shape index (κ3) is 1.29. The number of Topliss-reactive ketones (excluding diaryl/α,β-unsaturated/α-hetero) is 1. The van der Waals surface area contributed by atoms with Gasteiger partial charge < -0.3 is 15.3 Å². The van der Waals surface area contributed by atoms with E-state index in [1.54, 1.807) is 0 Å². The zero-order valence-electron chi connectivity index (χ0n) is 5.94. The lowest BCUT2D eigenvalue weighted by molar-refractivity contribution is -0.134. The van der Waals surface area contributed by atoms with E-state index in [2.05, 4.69) is 0 Å². The monoisotopic (exact) mass is 170 g/mol. The molecule has 64 valence electrons. The molecular weight excluding hydrogens is 164 g/mol. The van der Waals surface area contributed by atoms with Gasteiger partial charge in [-0.3, -0.25) is 4.79 Å². The Morgan fingerprint density at radius 2 is 2.00 bits per heavy atom. The Morgan fingerprint density at radius 1 is 1.42 bits per heavy atom. The summed E-state index contributed by atoms with van der Waals surface area (Å²) in [6, 6.07) is 0. The standard InChI is InChI=1S/C7H6O5/c8-4-1-3(7(11)12)2-5(9)6(4)10/h1,8,10H,2H2,(H,11,12). The van der Waals surface area contributed by atoms with E-state index in [0.717, 1.165) is 6.08 Å². The van der Waals surface area contributed by atoms with Crippen molar-refractivity contribution >= 4 is 11.8 Å². The number of aliphatic hydroxyl groups is 2. The molecule has 0 aromatic carbocycles. The van der Waals surface area contributed by atoms with E-state index in [-0.39, 0.29) is 12.0 Å². The lowest BCUT2D eigenvalue weighted by Gasteiger charge is -2.08. The molecule has 0 spiro atoms. The molecule has 0 heterocycles. The Balaban J connectivity index is 3.07. The summed E-state index contributed by atoms with van der Waals surface area (Å²) >= 11 is 0. The van der Waals surface area contributed by atoms with E-state index in [0.29, 0.717) is 0 Å². The van der Waals surface area contributed by atoms with Gasteiger partial charge in [0.15, 0.2) is 5.76 Å². The number of ketones is 1. The molecule has 1 aliphatic rings. The number of carboxylic acid groups (broad SMARTS) is 1. The number of aliphatic carboxylic acids is 1. The van der Waals surface area contributed by atoms with E-state index in [4.69, 9.17) is 15.3 Å². The van der Waals surface area contributed by atoms with E-state index >= 15 is 0 Å². The minimum atomic E-state index is -1.28. The van der Waals surface area contributed by atoms with Crippen LogP contribution in [0.1, 0.15) is 6.42 Å². The summed E-state index contributed by atoms with van der Waals surface area (Å²) in [5, 5.41) is 26.0. The maximum absolute atomic E-state index is 10.7. The van der Waals surface area contributed by atoms with Gasteiger partial charge in [-0.15, -0.1) is 0 Å². The van der Waals surface area contributed by atoms with Crippen LogP contribution in [0.4, 0.5) is 0 Å². The number of rotatable bonds is 1. The molecule has 3 N–H and O–H groups in total. The number of allylic oxidation sites excluding steroid dienone is 2. The molecular formula is C7H6O5. The molecule has 0 saturated carbocycles. The van der Waals surface area contributed by atoms with E-state index in [1.165, 1.54) is 0 Å². The second-order valence-electron chi connectivity index (χ2n) is 2.31. The number of carbonyl (C=O) groups is 2. The minimum Gasteiger partial charge on any atom is -0.504 e. The fourth-order valence-corrected chi connectivity index (χ4v) is 0.821. The van der Waals surface area contributed by atoms with Crippen molar-refractivity contribution in [2.75, 3.05) is 0 Å². The van der Waals surface area contributed by atoms with Gasteiger partial charge in [0.1, 0.15) is 0 Å². The molecule has 1 rings (SSSR count). The first kappa shape index (κ1) is 8.32. The van der Waals surface area contributed by atoms with Crippen LogP contribution in [-0.2, 0) is 9.59 Å². The zero-order valence-corrected chi connectivity index (χ0v) is 5.94. The van der Waals surface area contributed by atoms with Gasteiger partial charge in [0.2, 0.25) is 11.5 Å². The molecule has 0 bridgehead atoms. The molecule has 5 heteroatoms. The van der Waals surface area contributed by atoms with E-state index < -0.39 is 23.3 Å². The molecule has 0 aromatic rings. The molecule has 0 aromatic heterocycles. The van der Waals surface area contributed by atoms with Crippen LogP contribution >= 0.6 is 0 Å². The van der Waals surface area contributed by atoms with Crippen molar-refractivity contribution in [1.82, 2.24) is 0 Å². The summed E-state index contributed by atoms with van der Waals surface area (Å²) in [6.07, 6.45) is 0.476. The molecule has 0 radical (unpaired) electrons. The Kier molecular flexibility index (Phi) is 1.86. The third-order valence-electron chi connectivity index (χ3n) is 1.44. The Morgan fingerprint density at radius 3 is 2.42 bits per heavy atom. The average Bonchev–Trinajstić information content (AvgIpc) is 1.99. The summed E-state index contributed by atoms with van der Waals surface area (Å²) in [4.78, 5) is 21.1. The smallest absolute Gasteiger partial charge is 0.332 e. The van der Waals surface area contributed by atoms with Crippen molar-refractivity contribution in [2.45, 2.75) is 6.42 Å². The number of hydrogen-bond acceptors (Lipinski definition) is 4. The molecule has 0 fully saturated rings. The van der Waals surface area contributed by atoms with Gasteiger partial charge in [0.25, 0.3) is 0 Å². The van der Waals surface area contributed by atoms with Crippen LogP contribution in [0.3, 0.4) is 0 Å². The lowest BCUT2D eigenvalue weighted by Crippen LogP contribution is -2.15. The van der Waals surface area contributed by atoms with Crippen LogP contribution in [0.25, 0.3) is 0 Å². The first-order valence-corrected chi connectivity index (χ1v) is 3.11. The SMILES string of the molecule is O=C(O)C1=CC(O)=C(O)C(=O)C1. The van der Waals surface area contributed by atoms with Gasteiger partial charge in [0, 0.05) is 12.0 Å². The largest absolute Gasteiger partial charge is 0.504 e. The van der Waals surface area contributed by atoms with Crippen molar-refractivity contribution in [3.63, 3.8) is 0 Å². The fourth-order valence-electron chi connectivity index (χ4n) is 0.821. The van der Waals surface area contributed by atoms with Gasteiger partial charge in [-0.1, -0.05) is 0 Å². The summed E-state index contributed by atoms with van der Waals surface area (Å²) in [5.74, 6) is -3.53. The Hall–Kier alpha value is -1.78. The molecule has 12 heavy (non-hydrogen) atoms. The Bertz CT molecular complexity index is 310. The van der Waals surface area contributed by atoms with Crippen molar-refractivity contribution in [3.8, 4) is 0 Å². The van der Waals surface area contributed by atoms with Crippen LogP contribution < -0.4 is 0 Å². The minimum absolute atomic E-state index is 0.227. The van der Waals surface area contributed by atoms with Crippen LogP contribution in [0, 0.1) is 0 Å². The molecule has 5 nitrogen and oxygen atoms in total. The van der Waals surface area contributed by atoms with Crippen molar-refractivity contribution in [3.05, 3.63) is 23.2 Å². The normalized spacial score (nSPS) is 17.7. The Labute approximate surface area is 67.2 Å². The topological polar surface area (TPSA) is 94.8 Å². The maximum atomic E-state index is 10.7. The lowest BCUT2D eigenvalue weighted by atomic mass is 10.0. The number of hydrogen-bond donors (Lipinski definition) is 3. The summed E-state index contributed by atoms with van der Waals surface area (Å²) in [5.41, 5.74) is -0.227. The van der Waals surface area contributed by atoms with Gasteiger partial charge in [-0.05, 0) is 6.08 Å². The quantitative estimate of drug-likeness (QED) is 0.526. The summed E-state index contributed by atoms with van der Waals surface area (Å²) < 4.78 is 0. The van der Waals surface area contributed by atoms with Crippen LogP contribution in [0.15, 0.2) is 23.2 Å². The fraction of sp³-hybridized carbons (Fsp3) is 0.143. The highest BCUT2D eigenvalue weighted by Gasteiger charge is 2.23. The predicted molar refractivity (Wildman–Crippen MR) is 37.6 cm³/mol. The molecule has 0 saturated heterocycles. The predicted octanol–water partition coefficient (Wildman–Crippen LogP) is 0.298. The summed E-state index contributed by atoms with van der Waals surface area (Å²) in [6.45, 7) is 0. The van der Waals surface area contributed by atoms with Gasteiger partial charge in [0.05, 0.1) is 0 Å². The molecule has 0 unspecified atom stereocenters. The second-order valence-corrected chi connectivity index (χ2v) is 2.31.